The van der Waals surface area contributed by atoms with E-state index in [9.17, 15) is 0 Å². The average molecular weight is 356 g/mol. The highest BCUT2D eigenvalue weighted by Gasteiger charge is 2.31. The molecule has 0 spiro atoms. The lowest BCUT2D eigenvalue weighted by molar-refractivity contribution is 0.651. The summed E-state index contributed by atoms with van der Waals surface area (Å²) in [6.07, 6.45) is 0. The Bertz CT molecular complexity index is 1180. The van der Waals surface area contributed by atoms with Crippen LogP contribution in [0.25, 0.3) is 22.1 Å². The Hall–Kier alpha value is -3.01. The Balaban J connectivity index is 1.78. The first kappa shape index (κ1) is 16.2. The van der Waals surface area contributed by atoms with Crippen molar-refractivity contribution < 1.29 is 4.42 Å². The first-order valence-electron chi connectivity index (χ1n) is 9.35. The van der Waals surface area contributed by atoms with Gasteiger partial charge in [0.25, 0.3) is 0 Å². The lowest BCUT2D eigenvalue weighted by Crippen LogP contribution is -2.28. The fourth-order valence-electron chi connectivity index (χ4n) is 3.92. The van der Waals surface area contributed by atoms with E-state index < -0.39 is 0 Å². The van der Waals surface area contributed by atoms with E-state index in [-0.39, 0.29) is 0 Å². The second kappa shape index (κ2) is 5.74. The van der Waals surface area contributed by atoms with Gasteiger partial charge < -0.3 is 14.2 Å². The van der Waals surface area contributed by atoms with E-state index in [2.05, 4.69) is 84.7 Å². The summed E-state index contributed by atoms with van der Waals surface area (Å²) >= 11 is 0. The van der Waals surface area contributed by atoms with Crippen LogP contribution >= 0.6 is 0 Å². The lowest BCUT2D eigenvalue weighted by atomic mass is 10.1. The van der Waals surface area contributed by atoms with Gasteiger partial charge in [0.1, 0.15) is 6.67 Å². The Morgan fingerprint density at radius 2 is 1.63 bits per heavy atom. The molecule has 0 unspecified atom stereocenters. The minimum Gasteiger partial charge on any atom is -0.435 e. The van der Waals surface area contributed by atoms with E-state index in [1.54, 1.807) is 0 Å². The summed E-state index contributed by atoms with van der Waals surface area (Å²) in [5, 5.41) is 2.16. The minimum atomic E-state index is 0.371. The number of furan rings is 1. The normalized spacial score (nSPS) is 14.0. The molecule has 4 nitrogen and oxygen atoms in total. The summed E-state index contributed by atoms with van der Waals surface area (Å²) in [4.78, 5) is 9.15. The van der Waals surface area contributed by atoms with E-state index >= 15 is 0 Å². The van der Waals surface area contributed by atoms with Crippen molar-refractivity contribution in [1.29, 1.82) is 0 Å². The SMILES string of the molecule is Cc1ccc2c(n1)oc1c(N3[CH]N(C(C)C)c4ccccc43)c(C)ccc12. The highest BCUT2D eigenvalue weighted by Crippen LogP contribution is 2.47. The molecule has 27 heavy (non-hydrogen) atoms. The minimum absolute atomic E-state index is 0.371. The standard InChI is InChI=1S/C23H22N3O/c1-14(2)25-13-26(20-8-6-5-7-19(20)25)21-15(3)9-11-17-18-12-10-16(4)24-23(18)27-22(17)21/h5-14H,1-4H3. The summed E-state index contributed by atoms with van der Waals surface area (Å²) in [5.74, 6) is 0. The van der Waals surface area contributed by atoms with Gasteiger partial charge in [-0.05, 0) is 57.5 Å². The molecule has 2 aromatic heterocycles. The van der Waals surface area contributed by atoms with Crippen molar-refractivity contribution in [2.45, 2.75) is 33.7 Å². The zero-order chi connectivity index (χ0) is 18.7. The van der Waals surface area contributed by atoms with Crippen LogP contribution in [0.3, 0.4) is 0 Å². The molecule has 3 heterocycles. The number of benzene rings is 2. The van der Waals surface area contributed by atoms with Crippen molar-refractivity contribution >= 4 is 39.1 Å². The summed E-state index contributed by atoms with van der Waals surface area (Å²) in [5.41, 5.74) is 7.20. The number of hydrogen-bond donors (Lipinski definition) is 0. The number of anilines is 3. The average Bonchev–Trinajstić information content (AvgIpc) is 3.20. The van der Waals surface area contributed by atoms with E-state index in [1.165, 1.54) is 16.9 Å². The van der Waals surface area contributed by atoms with Crippen molar-refractivity contribution in [3.8, 4) is 0 Å². The highest BCUT2D eigenvalue weighted by atomic mass is 16.3. The van der Waals surface area contributed by atoms with Crippen LogP contribution in [0.1, 0.15) is 25.1 Å². The van der Waals surface area contributed by atoms with E-state index in [0.717, 1.165) is 27.7 Å². The largest absolute Gasteiger partial charge is 0.435 e. The Morgan fingerprint density at radius 3 is 2.41 bits per heavy atom. The van der Waals surface area contributed by atoms with Crippen LogP contribution < -0.4 is 9.80 Å². The number of nitrogens with zero attached hydrogens (tertiary/aromatic N) is 3. The van der Waals surface area contributed by atoms with Crippen molar-refractivity contribution in [3.05, 3.63) is 66.5 Å². The molecular formula is C23H22N3O. The molecule has 0 aliphatic carbocycles. The van der Waals surface area contributed by atoms with Gasteiger partial charge in [-0.1, -0.05) is 24.3 Å². The maximum atomic E-state index is 6.28. The van der Waals surface area contributed by atoms with E-state index in [0.29, 0.717) is 11.8 Å². The Morgan fingerprint density at radius 1 is 0.889 bits per heavy atom. The smallest absolute Gasteiger partial charge is 0.227 e. The predicted octanol–water partition coefficient (Wildman–Crippen LogP) is 6.08. The fraction of sp³-hybridized carbons (Fsp3) is 0.217. The molecule has 5 rings (SSSR count). The summed E-state index contributed by atoms with van der Waals surface area (Å²) in [6.45, 7) is 10.7. The molecule has 0 fully saturated rings. The van der Waals surface area contributed by atoms with Gasteiger partial charge >= 0.3 is 0 Å². The van der Waals surface area contributed by atoms with Crippen LogP contribution in [0, 0.1) is 20.5 Å². The van der Waals surface area contributed by atoms with Crippen LogP contribution in [0.4, 0.5) is 17.1 Å². The monoisotopic (exact) mass is 356 g/mol. The second-order valence-corrected chi connectivity index (χ2v) is 7.49. The molecule has 1 aliphatic heterocycles. The quantitative estimate of drug-likeness (QED) is 0.435. The van der Waals surface area contributed by atoms with Gasteiger partial charge in [0, 0.05) is 22.5 Å². The molecule has 0 atom stereocenters. The third kappa shape index (κ3) is 2.33. The number of fused-ring (bicyclic) bond motifs is 4. The van der Waals surface area contributed by atoms with Gasteiger partial charge in [-0.25, -0.2) is 4.98 Å². The number of hydrogen-bond acceptors (Lipinski definition) is 4. The molecule has 4 heteroatoms. The van der Waals surface area contributed by atoms with Gasteiger partial charge in [-0.3, -0.25) is 0 Å². The topological polar surface area (TPSA) is 32.5 Å². The zero-order valence-corrected chi connectivity index (χ0v) is 16.0. The predicted molar refractivity (Wildman–Crippen MR) is 111 cm³/mol. The first-order valence-corrected chi connectivity index (χ1v) is 9.35. The molecule has 1 radical (unpaired) electrons. The molecule has 2 aromatic carbocycles. The molecule has 0 saturated carbocycles. The molecule has 0 amide bonds. The number of aryl methyl sites for hydroxylation is 2. The number of aromatic nitrogens is 1. The zero-order valence-electron chi connectivity index (χ0n) is 16.0. The second-order valence-electron chi connectivity index (χ2n) is 7.49. The number of para-hydroxylation sites is 2. The third-order valence-electron chi connectivity index (χ3n) is 5.28. The van der Waals surface area contributed by atoms with Gasteiger partial charge in [0.15, 0.2) is 5.58 Å². The van der Waals surface area contributed by atoms with Crippen LogP contribution in [0.2, 0.25) is 0 Å². The van der Waals surface area contributed by atoms with Gasteiger partial charge in [-0.2, -0.15) is 0 Å². The molecule has 135 valence electrons. The Labute approximate surface area is 159 Å². The first-order chi connectivity index (χ1) is 13.0. The third-order valence-corrected chi connectivity index (χ3v) is 5.28. The van der Waals surface area contributed by atoms with Crippen LogP contribution in [-0.2, 0) is 0 Å². The molecule has 0 saturated heterocycles. The van der Waals surface area contributed by atoms with Gasteiger partial charge in [0.05, 0.1) is 17.1 Å². The van der Waals surface area contributed by atoms with Crippen LogP contribution in [0.15, 0.2) is 52.9 Å². The molecule has 4 aromatic rings. The van der Waals surface area contributed by atoms with Crippen LogP contribution in [0.5, 0.6) is 0 Å². The fourth-order valence-corrected chi connectivity index (χ4v) is 3.92. The van der Waals surface area contributed by atoms with Crippen molar-refractivity contribution in [2.24, 2.45) is 0 Å². The highest BCUT2D eigenvalue weighted by molar-refractivity contribution is 6.10. The molecule has 0 bridgehead atoms. The van der Waals surface area contributed by atoms with Crippen molar-refractivity contribution in [3.63, 3.8) is 0 Å². The lowest BCUT2D eigenvalue weighted by Gasteiger charge is -2.25. The molecular weight excluding hydrogens is 334 g/mol. The molecule has 1 aliphatic rings. The molecule has 0 N–H and O–H groups in total. The maximum absolute atomic E-state index is 6.28. The van der Waals surface area contributed by atoms with Gasteiger partial charge in [0.2, 0.25) is 5.71 Å². The van der Waals surface area contributed by atoms with E-state index in [4.69, 9.17) is 4.42 Å². The van der Waals surface area contributed by atoms with Crippen molar-refractivity contribution in [1.82, 2.24) is 4.98 Å². The number of pyridine rings is 1. The Kier molecular flexibility index (Phi) is 3.44. The van der Waals surface area contributed by atoms with Crippen LogP contribution in [-0.4, -0.2) is 11.0 Å². The maximum Gasteiger partial charge on any atom is 0.227 e. The van der Waals surface area contributed by atoms with Crippen molar-refractivity contribution in [2.75, 3.05) is 9.80 Å². The number of rotatable bonds is 2. The van der Waals surface area contributed by atoms with Gasteiger partial charge in [-0.15, -0.1) is 0 Å². The summed E-state index contributed by atoms with van der Waals surface area (Å²) < 4.78 is 6.28. The summed E-state index contributed by atoms with van der Waals surface area (Å²) in [6, 6.07) is 17.3. The summed E-state index contributed by atoms with van der Waals surface area (Å²) in [7, 11) is 0. The van der Waals surface area contributed by atoms with E-state index in [1.807, 2.05) is 13.0 Å².